The molecule has 3 atom stereocenters. The number of rotatable bonds is 0. The third kappa shape index (κ3) is 0.767. The molecule has 2 aliphatic heterocycles. The van der Waals surface area contributed by atoms with E-state index >= 15 is 0 Å². The third-order valence-electron chi connectivity index (χ3n) is 1.53. The van der Waals surface area contributed by atoms with Crippen LogP contribution in [0.4, 0.5) is 4.39 Å². The fourth-order valence-corrected chi connectivity index (χ4v) is 1.05. The van der Waals surface area contributed by atoms with Gasteiger partial charge in [-0.1, -0.05) is 12.2 Å². The molecule has 50 valence electrons. The van der Waals surface area contributed by atoms with E-state index in [4.69, 9.17) is 9.47 Å². The van der Waals surface area contributed by atoms with Gasteiger partial charge in [0.1, 0.15) is 12.2 Å². The van der Waals surface area contributed by atoms with Gasteiger partial charge in [-0.25, -0.2) is 4.39 Å². The van der Waals surface area contributed by atoms with Crippen LogP contribution in [0, 0.1) is 0 Å². The molecule has 0 amide bonds. The minimum absolute atomic E-state index is 0.00185. The summed E-state index contributed by atoms with van der Waals surface area (Å²) in [5.41, 5.74) is 0. The summed E-state index contributed by atoms with van der Waals surface area (Å²) in [6.45, 7) is 0.355. The lowest BCUT2D eigenvalue weighted by molar-refractivity contribution is -0.185. The molecular formula is C6H7FO2. The topological polar surface area (TPSA) is 18.5 Å². The van der Waals surface area contributed by atoms with Crippen LogP contribution in [0.5, 0.6) is 0 Å². The van der Waals surface area contributed by atoms with Crippen molar-refractivity contribution in [2.45, 2.75) is 18.6 Å². The van der Waals surface area contributed by atoms with Crippen molar-refractivity contribution < 1.29 is 13.9 Å². The molecule has 2 heterocycles. The first kappa shape index (κ1) is 5.38. The Morgan fingerprint density at radius 2 is 2.33 bits per heavy atom. The van der Waals surface area contributed by atoms with Gasteiger partial charge in [0.25, 0.3) is 0 Å². The zero-order chi connectivity index (χ0) is 6.27. The second-order valence-electron chi connectivity index (χ2n) is 2.21. The van der Waals surface area contributed by atoms with Gasteiger partial charge in [-0.15, -0.1) is 0 Å². The predicted molar refractivity (Wildman–Crippen MR) is 28.6 cm³/mol. The molecule has 2 bridgehead atoms. The lowest BCUT2D eigenvalue weighted by atomic mass is 10.3. The van der Waals surface area contributed by atoms with Crippen molar-refractivity contribution >= 4 is 0 Å². The Balaban J connectivity index is 2.14. The molecule has 0 radical (unpaired) electrons. The Bertz CT molecular complexity index is 146. The Labute approximate surface area is 52.3 Å². The van der Waals surface area contributed by atoms with Crippen LogP contribution < -0.4 is 0 Å². The van der Waals surface area contributed by atoms with E-state index in [9.17, 15) is 4.39 Å². The summed E-state index contributed by atoms with van der Waals surface area (Å²) in [6.07, 6.45) is 1.86. The lowest BCUT2D eigenvalue weighted by Crippen LogP contribution is -2.34. The highest BCUT2D eigenvalue weighted by molar-refractivity contribution is 5.05. The first-order valence-electron chi connectivity index (χ1n) is 2.96. The molecule has 1 saturated heterocycles. The molecule has 0 aromatic heterocycles. The van der Waals surface area contributed by atoms with Gasteiger partial charge in [0.05, 0.1) is 6.61 Å². The molecule has 3 heteroatoms. The minimum atomic E-state index is -1.25. The van der Waals surface area contributed by atoms with Crippen molar-refractivity contribution in [2.24, 2.45) is 0 Å². The Kier molecular flexibility index (Phi) is 1.07. The molecule has 2 rings (SSSR count). The van der Waals surface area contributed by atoms with Gasteiger partial charge in [0.15, 0.2) is 0 Å². The van der Waals surface area contributed by atoms with E-state index in [0.717, 1.165) is 0 Å². The average molecular weight is 130 g/mol. The molecule has 0 aromatic carbocycles. The van der Waals surface area contributed by atoms with E-state index < -0.39 is 12.5 Å². The summed E-state index contributed by atoms with van der Waals surface area (Å²) in [6, 6.07) is 0. The van der Waals surface area contributed by atoms with Crippen LogP contribution in [0.1, 0.15) is 0 Å². The number of alkyl halides is 1. The number of fused-ring (bicyclic) bond motifs is 2. The van der Waals surface area contributed by atoms with Crippen molar-refractivity contribution in [3.8, 4) is 0 Å². The monoisotopic (exact) mass is 130 g/mol. The molecule has 9 heavy (non-hydrogen) atoms. The van der Waals surface area contributed by atoms with Crippen molar-refractivity contribution in [3.05, 3.63) is 12.2 Å². The first-order chi connectivity index (χ1) is 4.36. The second kappa shape index (κ2) is 1.78. The van der Waals surface area contributed by atoms with Crippen molar-refractivity contribution in [1.82, 2.24) is 0 Å². The fraction of sp³-hybridized carbons (Fsp3) is 0.667. The maximum Gasteiger partial charge on any atom is 0.229 e. The van der Waals surface area contributed by atoms with E-state index in [1.165, 1.54) is 0 Å². The fourth-order valence-electron chi connectivity index (χ4n) is 1.05. The number of hydrogen-bond donors (Lipinski definition) is 0. The molecule has 0 saturated carbocycles. The summed E-state index contributed by atoms with van der Waals surface area (Å²) >= 11 is 0. The van der Waals surface area contributed by atoms with Crippen molar-refractivity contribution in [2.75, 3.05) is 6.61 Å². The zero-order valence-electron chi connectivity index (χ0n) is 4.79. The van der Waals surface area contributed by atoms with Gasteiger partial charge in [-0.05, 0) is 0 Å². The maximum absolute atomic E-state index is 12.5. The standard InChI is InChI=1S/C6H7FO2/c7-6-5-2-1-4(9-5)3-8-6/h1-2,4-6H,3H2/t4-,5+,6+/m0/s1. The summed E-state index contributed by atoms with van der Waals surface area (Å²) in [5, 5.41) is 0. The van der Waals surface area contributed by atoms with Gasteiger partial charge in [0, 0.05) is 0 Å². The van der Waals surface area contributed by atoms with Crippen LogP contribution >= 0.6 is 0 Å². The normalized spacial score (nSPS) is 47.9. The average Bonchev–Trinajstić information content (AvgIpc) is 2.25. The highest BCUT2D eigenvalue weighted by Gasteiger charge is 2.33. The Hall–Kier alpha value is -0.410. The predicted octanol–water partition coefficient (Wildman–Crippen LogP) is 0.636. The first-order valence-corrected chi connectivity index (χ1v) is 2.96. The van der Waals surface area contributed by atoms with Crippen LogP contribution in [0.3, 0.4) is 0 Å². The molecule has 2 aliphatic rings. The quantitative estimate of drug-likeness (QED) is 0.448. The van der Waals surface area contributed by atoms with Crippen LogP contribution in [0.15, 0.2) is 12.2 Å². The molecule has 2 nitrogen and oxygen atoms in total. The summed E-state index contributed by atoms with van der Waals surface area (Å²) in [5.74, 6) is 0. The van der Waals surface area contributed by atoms with Gasteiger partial charge in [-0.2, -0.15) is 0 Å². The van der Waals surface area contributed by atoms with Crippen LogP contribution in [-0.4, -0.2) is 25.2 Å². The SMILES string of the molecule is F[C@@H]1OC[C@@H]2C=C[C@H]1O2. The molecule has 0 aliphatic carbocycles. The third-order valence-corrected chi connectivity index (χ3v) is 1.53. The van der Waals surface area contributed by atoms with E-state index in [-0.39, 0.29) is 6.10 Å². The highest BCUT2D eigenvalue weighted by Crippen LogP contribution is 2.23. The second-order valence-corrected chi connectivity index (χ2v) is 2.21. The van der Waals surface area contributed by atoms with Crippen LogP contribution in [-0.2, 0) is 9.47 Å². The summed E-state index contributed by atoms with van der Waals surface area (Å²) in [7, 11) is 0. The Morgan fingerprint density at radius 3 is 3.11 bits per heavy atom. The van der Waals surface area contributed by atoms with Crippen LogP contribution in [0.25, 0.3) is 0 Å². The molecule has 0 aromatic rings. The maximum atomic E-state index is 12.5. The zero-order valence-corrected chi connectivity index (χ0v) is 4.79. The van der Waals surface area contributed by atoms with E-state index in [1.54, 1.807) is 6.08 Å². The lowest BCUT2D eigenvalue weighted by Gasteiger charge is -2.23. The molecular weight excluding hydrogens is 123 g/mol. The number of hydrogen-bond acceptors (Lipinski definition) is 2. The van der Waals surface area contributed by atoms with Gasteiger partial charge in [-0.3, -0.25) is 0 Å². The smallest absolute Gasteiger partial charge is 0.229 e. The number of ether oxygens (including phenoxy) is 2. The van der Waals surface area contributed by atoms with Gasteiger partial charge in [0.2, 0.25) is 6.36 Å². The largest absolute Gasteiger partial charge is 0.359 e. The summed E-state index contributed by atoms with van der Waals surface area (Å²) in [4.78, 5) is 0. The highest BCUT2D eigenvalue weighted by atomic mass is 19.1. The number of halogens is 1. The van der Waals surface area contributed by atoms with Crippen molar-refractivity contribution in [3.63, 3.8) is 0 Å². The minimum Gasteiger partial charge on any atom is -0.359 e. The molecule has 0 spiro atoms. The summed E-state index contributed by atoms with van der Waals surface area (Å²) < 4.78 is 22.3. The molecule has 0 N–H and O–H groups in total. The Morgan fingerprint density at radius 1 is 1.44 bits per heavy atom. The van der Waals surface area contributed by atoms with Crippen molar-refractivity contribution in [1.29, 1.82) is 0 Å². The van der Waals surface area contributed by atoms with E-state index in [1.807, 2.05) is 6.08 Å². The van der Waals surface area contributed by atoms with E-state index in [0.29, 0.717) is 6.61 Å². The van der Waals surface area contributed by atoms with E-state index in [2.05, 4.69) is 0 Å². The molecule has 0 unspecified atom stereocenters. The molecule has 1 fully saturated rings. The van der Waals surface area contributed by atoms with Crippen LogP contribution in [0.2, 0.25) is 0 Å². The van der Waals surface area contributed by atoms with Gasteiger partial charge < -0.3 is 9.47 Å². The van der Waals surface area contributed by atoms with Gasteiger partial charge >= 0.3 is 0 Å².